The van der Waals surface area contributed by atoms with Crippen LogP contribution in [0.1, 0.15) is 54.4 Å². The van der Waals surface area contributed by atoms with Crippen molar-refractivity contribution in [3.8, 4) is 0 Å². The molecule has 0 rings (SSSR count). The van der Waals surface area contributed by atoms with Crippen LogP contribution in [0.3, 0.4) is 0 Å². The standard InChI is InChI=1S/C17H35NO7Si/c1-7-15(26(23-10-4,24-11-5)25-12-6)18-14(17(20)22-9-3)13-16(19)21-8-2/h14-15,18H,7-13H2,1-6H3. The molecule has 0 spiro atoms. The molecule has 26 heavy (non-hydrogen) atoms. The summed E-state index contributed by atoms with van der Waals surface area (Å²) < 4.78 is 27.8. The van der Waals surface area contributed by atoms with E-state index in [1.165, 1.54) is 0 Å². The van der Waals surface area contributed by atoms with Crippen molar-refractivity contribution in [3.63, 3.8) is 0 Å². The summed E-state index contributed by atoms with van der Waals surface area (Å²) in [4.78, 5) is 24.2. The Morgan fingerprint density at radius 1 is 0.808 bits per heavy atom. The Kier molecular flexibility index (Phi) is 13.6. The highest BCUT2D eigenvalue weighted by molar-refractivity contribution is 6.62. The summed E-state index contributed by atoms with van der Waals surface area (Å²) in [5.74, 6) is -0.976. The van der Waals surface area contributed by atoms with E-state index in [0.717, 1.165) is 0 Å². The molecule has 2 unspecified atom stereocenters. The summed E-state index contributed by atoms with van der Waals surface area (Å²) in [6, 6.07) is -0.854. The number of carbonyl (C=O) groups excluding carboxylic acids is 2. The number of ether oxygens (including phenoxy) is 2. The van der Waals surface area contributed by atoms with Gasteiger partial charge in [-0.1, -0.05) is 6.92 Å². The van der Waals surface area contributed by atoms with Crippen molar-refractivity contribution >= 4 is 20.7 Å². The third-order valence-corrected chi connectivity index (χ3v) is 7.02. The zero-order valence-corrected chi connectivity index (χ0v) is 18.0. The van der Waals surface area contributed by atoms with Crippen LogP contribution >= 0.6 is 0 Å². The van der Waals surface area contributed by atoms with E-state index >= 15 is 0 Å². The zero-order valence-electron chi connectivity index (χ0n) is 17.0. The van der Waals surface area contributed by atoms with Gasteiger partial charge >= 0.3 is 20.7 Å². The fourth-order valence-electron chi connectivity index (χ4n) is 2.58. The summed E-state index contributed by atoms with van der Waals surface area (Å²) in [5, 5.41) is 3.18. The smallest absolute Gasteiger partial charge is 0.466 e. The molecule has 0 aliphatic heterocycles. The SMILES string of the molecule is CCOC(=O)CC(NC(CC)[Si](OCC)(OCC)OCC)C(=O)OCC. The van der Waals surface area contributed by atoms with Gasteiger partial charge in [-0.3, -0.25) is 14.9 Å². The van der Waals surface area contributed by atoms with Crippen LogP contribution in [0.5, 0.6) is 0 Å². The number of rotatable bonds is 15. The van der Waals surface area contributed by atoms with Crippen molar-refractivity contribution in [2.45, 2.75) is 66.1 Å². The molecule has 154 valence electrons. The second-order valence-electron chi connectivity index (χ2n) is 5.34. The largest absolute Gasteiger partial charge is 0.518 e. The normalized spacial score (nSPS) is 13.9. The summed E-state index contributed by atoms with van der Waals surface area (Å²) in [5.41, 5.74) is -0.355. The fraction of sp³-hybridized carbons (Fsp3) is 0.882. The fourth-order valence-corrected chi connectivity index (χ4v) is 5.55. The first kappa shape index (κ1) is 25.0. The van der Waals surface area contributed by atoms with Crippen LogP contribution in [-0.2, 0) is 32.3 Å². The van der Waals surface area contributed by atoms with Gasteiger partial charge in [0.15, 0.2) is 0 Å². The number of hydrogen-bond acceptors (Lipinski definition) is 8. The van der Waals surface area contributed by atoms with Gasteiger partial charge in [0.25, 0.3) is 0 Å². The second kappa shape index (κ2) is 14.1. The topological polar surface area (TPSA) is 92.3 Å². The molecule has 0 aromatic carbocycles. The predicted molar refractivity (Wildman–Crippen MR) is 99.5 cm³/mol. The lowest BCUT2D eigenvalue weighted by molar-refractivity contribution is -0.152. The molecule has 0 aromatic heterocycles. The van der Waals surface area contributed by atoms with Crippen LogP contribution in [0.15, 0.2) is 0 Å². The molecule has 0 aliphatic carbocycles. The monoisotopic (exact) mass is 393 g/mol. The van der Waals surface area contributed by atoms with E-state index in [0.29, 0.717) is 26.2 Å². The maximum Gasteiger partial charge on any atom is 0.518 e. The number of nitrogens with one attached hydrogen (secondary N) is 1. The van der Waals surface area contributed by atoms with E-state index < -0.39 is 26.8 Å². The van der Waals surface area contributed by atoms with E-state index in [-0.39, 0.29) is 25.3 Å². The van der Waals surface area contributed by atoms with Crippen molar-refractivity contribution in [2.24, 2.45) is 0 Å². The van der Waals surface area contributed by atoms with Crippen molar-refractivity contribution in [1.82, 2.24) is 5.32 Å². The van der Waals surface area contributed by atoms with Gasteiger partial charge in [-0.15, -0.1) is 0 Å². The van der Waals surface area contributed by atoms with Crippen molar-refractivity contribution in [3.05, 3.63) is 0 Å². The maximum absolute atomic E-state index is 12.3. The van der Waals surface area contributed by atoms with Gasteiger partial charge in [0.1, 0.15) is 6.04 Å². The predicted octanol–water partition coefficient (Wildman–Crippen LogP) is 1.83. The van der Waals surface area contributed by atoms with Gasteiger partial charge < -0.3 is 22.8 Å². The third kappa shape index (κ3) is 8.13. The quantitative estimate of drug-likeness (QED) is 0.333. The Bertz CT molecular complexity index is 392. The second-order valence-corrected chi connectivity index (χ2v) is 8.11. The lowest BCUT2D eigenvalue weighted by Crippen LogP contribution is -2.64. The number of carbonyl (C=O) groups is 2. The molecule has 0 bridgehead atoms. The molecule has 0 aromatic rings. The van der Waals surface area contributed by atoms with Gasteiger partial charge in [0.05, 0.1) is 25.3 Å². The van der Waals surface area contributed by atoms with Crippen LogP contribution in [0.2, 0.25) is 0 Å². The minimum absolute atomic E-state index is 0.127. The minimum atomic E-state index is -3.10. The molecule has 2 atom stereocenters. The number of esters is 2. The first-order valence-electron chi connectivity index (χ1n) is 9.44. The Morgan fingerprint density at radius 2 is 1.31 bits per heavy atom. The molecular weight excluding hydrogens is 358 g/mol. The molecule has 0 amide bonds. The van der Waals surface area contributed by atoms with Crippen LogP contribution in [0.4, 0.5) is 0 Å². The van der Waals surface area contributed by atoms with E-state index in [1.807, 2.05) is 27.7 Å². The van der Waals surface area contributed by atoms with Crippen LogP contribution < -0.4 is 5.32 Å². The molecule has 9 heteroatoms. The molecule has 0 saturated carbocycles. The maximum atomic E-state index is 12.3. The average molecular weight is 394 g/mol. The molecular formula is C17H35NO7Si. The van der Waals surface area contributed by atoms with E-state index in [4.69, 9.17) is 22.8 Å². The van der Waals surface area contributed by atoms with E-state index in [2.05, 4.69) is 5.32 Å². The van der Waals surface area contributed by atoms with Gasteiger partial charge in [0, 0.05) is 19.8 Å². The van der Waals surface area contributed by atoms with Crippen LogP contribution in [0.25, 0.3) is 0 Å². The third-order valence-electron chi connectivity index (χ3n) is 3.52. The summed E-state index contributed by atoms with van der Waals surface area (Å²) in [6.07, 6.45) is 0.475. The van der Waals surface area contributed by atoms with E-state index in [9.17, 15) is 9.59 Å². The van der Waals surface area contributed by atoms with E-state index in [1.54, 1.807) is 13.8 Å². The van der Waals surface area contributed by atoms with Crippen LogP contribution in [0, 0.1) is 0 Å². The first-order valence-corrected chi connectivity index (χ1v) is 11.2. The highest BCUT2D eigenvalue weighted by Gasteiger charge is 2.50. The van der Waals surface area contributed by atoms with Gasteiger partial charge in [-0.2, -0.15) is 0 Å². The van der Waals surface area contributed by atoms with Gasteiger partial charge in [-0.25, -0.2) is 0 Å². The Morgan fingerprint density at radius 3 is 1.69 bits per heavy atom. The molecule has 1 N–H and O–H groups in total. The van der Waals surface area contributed by atoms with Crippen molar-refractivity contribution < 1.29 is 32.3 Å². The Hall–Kier alpha value is -1.00. The molecule has 0 aliphatic rings. The molecule has 0 radical (unpaired) electrons. The highest BCUT2D eigenvalue weighted by atomic mass is 28.4. The van der Waals surface area contributed by atoms with Crippen LogP contribution in [-0.4, -0.2) is 65.5 Å². The molecule has 0 heterocycles. The highest BCUT2D eigenvalue weighted by Crippen LogP contribution is 2.19. The van der Waals surface area contributed by atoms with Crippen molar-refractivity contribution in [1.29, 1.82) is 0 Å². The number of hydrogen-bond donors (Lipinski definition) is 1. The molecule has 0 fully saturated rings. The summed E-state index contributed by atoms with van der Waals surface area (Å²) in [6.45, 7) is 12.7. The Labute approximate surface area is 158 Å². The van der Waals surface area contributed by atoms with Gasteiger partial charge in [0.2, 0.25) is 0 Å². The average Bonchev–Trinajstić information content (AvgIpc) is 2.59. The Balaban J connectivity index is 5.50. The summed E-state index contributed by atoms with van der Waals surface area (Å²) >= 11 is 0. The molecule has 0 saturated heterocycles. The van der Waals surface area contributed by atoms with Crippen molar-refractivity contribution in [2.75, 3.05) is 33.0 Å². The summed E-state index contributed by atoms with van der Waals surface area (Å²) in [7, 11) is -3.10. The molecule has 8 nitrogen and oxygen atoms in total. The lowest BCUT2D eigenvalue weighted by atomic mass is 10.2. The van der Waals surface area contributed by atoms with Gasteiger partial charge in [-0.05, 0) is 41.0 Å². The zero-order chi connectivity index (χ0) is 20.0. The minimum Gasteiger partial charge on any atom is -0.466 e. The first-order chi connectivity index (χ1) is 12.4. The lowest BCUT2D eigenvalue weighted by Gasteiger charge is -2.36.